The summed E-state index contributed by atoms with van der Waals surface area (Å²) in [6.45, 7) is 0. The third kappa shape index (κ3) is 5.21. The average molecular weight is 414 g/mol. The Balaban J connectivity index is 0.00000261. The summed E-state index contributed by atoms with van der Waals surface area (Å²) in [7, 11) is 1.71. The Labute approximate surface area is 163 Å². The predicted molar refractivity (Wildman–Crippen MR) is 101 cm³/mol. The van der Waals surface area contributed by atoms with Gasteiger partial charge in [0.25, 0.3) is 0 Å². The lowest BCUT2D eigenvalue weighted by Crippen LogP contribution is -2.19. The lowest BCUT2D eigenvalue weighted by Gasteiger charge is -2.06. The maximum absolute atomic E-state index is 13.7. The first-order chi connectivity index (χ1) is 12.4. The number of rotatable bonds is 4. The molecule has 0 saturated heterocycles. The van der Waals surface area contributed by atoms with Crippen LogP contribution >= 0.6 is 23.7 Å². The molecule has 0 bridgehead atoms. The average Bonchev–Trinajstić information content (AvgIpc) is 2.92. The number of aromatic nitrogens is 1. The highest BCUT2D eigenvalue weighted by molar-refractivity contribution is 7.07. The van der Waals surface area contributed by atoms with Crippen molar-refractivity contribution in [3.05, 3.63) is 75.8 Å². The summed E-state index contributed by atoms with van der Waals surface area (Å²) in [4.78, 5) is 16.8. The number of hydrogen-bond donors (Lipinski definition) is 1. The van der Waals surface area contributed by atoms with Crippen molar-refractivity contribution in [2.24, 2.45) is 12.0 Å². The van der Waals surface area contributed by atoms with Gasteiger partial charge in [-0.2, -0.15) is 0 Å². The first kappa shape index (κ1) is 20.7. The number of nitrogens with one attached hydrogen (secondary N) is 1. The highest BCUT2D eigenvalue weighted by Gasteiger charge is 2.10. The second-order valence-corrected chi connectivity index (χ2v) is 6.34. The van der Waals surface area contributed by atoms with Gasteiger partial charge in [-0.3, -0.25) is 4.79 Å². The first-order valence-electron chi connectivity index (χ1n) is 7.61. The second kappa shape index (κ2) is 8.88. The van der Waals surface area contributed by atoms with Crippen LogP contribution in [0.2, 0.25) is 0 Å². The van der Waals surface area contributed by atoms with Crippen LogP contribution in [0.3, 0.4) is 0 Å². The van der Waals surface area contributed by atoms with Crippen LogP contribution in [0.1, 0.15) is 5.69 Å². The molecule has 3 rings (SSSR count). The zero-order chi connectivity index (χ0) is 18.7. The van der Waals surface area contributed by atoms with E-state index in [1.165, 1.54) is 41.7 Å². The molecule has 2 aromatic carbocycles. The molecule has 0 aliphatic heterocycles. The molecule has 0 aliphatic carbocycles. The maximum atomic E-state index is 13.7. The Morgan fingerprint density at radius 1 is 1.11 bits per heavy atom. The topological polar surface area (TPSA) is 46.4 Å². The minimum atomic E-state index is -0.756. The fourth-order valence-electron chi connectivity index (χ4n) is 2.24. The number of benzene rings is 2. The monoisotopic (exact) mass is 413 g/mol. The van der Waals surface area contributed by atoms with Crippen molar-refractivity contribution in [1.82, 2.24) is 4.57 Å². The Morgan fingerprint density at radius 2 is 1.78 bits per heavy atom. The van der Waals surface area contributed by atoms with Gasteiger partial charge in [-0.15, -0.1) is 23.7 Å². The molecule has 0 spiro atoms. The fourth-order valence-corrected chi connectivity index (χ4v) is 3.15. The summed E-state index contributed by atoms with van der Waals surface area (Å²) in [5.41, 5.74) is 1.19. The molecule has 0 unspecified atom stereocenters. The number of carbonyl (C=O) groups excluding carboxylic acids is 1. The zero-order valence-electron chi connectivity index (χ0n) is 14.1. The summed E-state index contributed by atoms with van der Waals surface area (Å²) in [5.74, 6) is -2.08. The van der Waals surface area contributed by atoms with Crippen molar-refractivity contribution in [3.8, 4) is 0 Å². The molecule has 0 radical (unpaired) electrons. The van der Waals surface area contributed by atoms with Crippen LogP contribution in [-0.4, -0.2) is 10.5 Å². The summed E-state index contributed by atoms with van der Waals surface area (Å²) >= 11 is 1.24. The van der Waals surface area contributed by atoms with Crippen LogP contribution in [0.4, 0.5) is 24.5 Å². The number of hydrogen-bond acceptors (Lipinski definition) is 3. The van der Waals surface area contributed by atoms with E-state index < -0.39 is 11.6 Å². The molecule has 0 fully saturated rings. The smallest absolute Gasteiger partial charge is 0.230 e. The minimum absolute atomic E-state index is 0. The van der Waals surface area contributed by atoms with E-state index >= 15 is 0 Å². The maximum Gasteiger partial charge on any atom is 0.230 e. The molecule has 1 N–H and O–H groups in total. The Hall–Kier alpha value is -2.58. The van der Waals surface area contributed by atoms with Crippen molar-refractivity contribution in [3.63, 3.8) is 0 Å². The van der Waals surface area contributed by atoms with Gasteiger partial charge in [-0.25, -0.2) is 18.2 Å². The Morgan fingerprint density at radius 3 is 2.44 bits per heavy atom. The molecule has 27 heavy (non-hydrogen) atoms. The van der Waals surface area contributed by atoms with Gasteiger partial charge in [0.15, 0.2) is 10.6 Å². The van der Waals surface area contributed by atoms with Gasteiger partial charge >= 0.3 is 0 Å². The normalized spacial score (nSPS) is 11.2. The predicted octanol–water partition coefficient (Wildman–Crippen LogP) is 4.34. The van der Waals surface area contributed by atoms with Gasteiger partial charge in [0.05, 0.1) is 6.42 Å². The molecule has 4 nitrogen and oxygen atoms in total. The van der Waals surface area contributed by atoms with E-state index in [0.717, 1.165) is 12.1 Å². The van der Waals surface area contributed by atoms with Gasteiger partial charge < -0.3 is 9.88 Å². The van der Waals surface area contributed by atoms with Gasteiger partial charge in [0, 0.05) is 29.9 Å². The number of nitrogens with zero attached hydrogens (tertiary/aromatic N) is 2. The highest BCUT2D eigenvalue weighted by Crippen LogP contribution is 2.18. The van der Waals surface area contributed by atoms with Crippen molar-refractivity contribution in [1.29, 1.82) is 0 Å². The summed E-state index contributed by atoms with van der Waals surface area (Å²) < 4.78 is 41.2. The number of thiazole rings is 1. The number of anilines is 1. The third-order valence-corrected chi connectivity index (χ3v) is 4.58. The van der Waals surface area contributed by atoms with Crippen LogP contribution in [-0.2, 0) is 18.3 Å². The molecule has 9 heteroatoms. The van der Waals surface area contributed by atoms with E-state index in [1.807, 2.05) is 0 Å². The third-order valence-electron chi connectivity index (χ3n) is 3.61. The molecule has 142 valence electrons. The van der Waals surface area contributed by atoms with E-state index in [0.29, 0.717) is 16.2 Å². The van der Waals surface area contributed by atoms with E-state index in [9.17, 15) is 18.0 Å². The highest BCUT2D eigenvalue weighted by atomic mass is 35.5. The Bertz CT molecular complexity index is 1020. The molecular formula is C18H15ClF3N3OS. The van der Waals surface area contributed by atoms with Gasteiger partial charge in [0.1, 0.15) is 17.3 Å². The van der Waals surface area contributed by atoms with Crippen molar-refractivity contribution >= 4 is 41.0 Å². The lowest BCUT2D eigenvalue weighted by atomic mass is 10.2. The van der Waals surface area contributed by atoms with Crippen LogP contribution in [0.5, 0.6) is 0 Å². The van der Waals surface area contributed by atoms with Gasteiger partial charge in [-0.05, 0) is 36.4 Å². The molecule has 1 heterocycles. The summed E-state index contributed by atoms with van der Waals surface area (Å²) in [6, 6.07) is 8.61. The SMILES string of the molecule is Cl.Cn1c(CC(=O)Nc2ccc(F)cc2)csc1=Nc1ccc(F)cc1F. The van der Waals surface area contributed by atoms with Crippen molar-refractivity contribution in [2.75, 3.05) is 5.32 Å². The van der Waals surface area contributed by atoms with E-state index in [4.69, 9.17) is 0 Å². The molecule has 1 aromatic heterocycles. The minimum Gasteiger partial charge on any atom is -0.326 e. The van der Waals surface area contributed by atoms with Gasteiger partial charge in [0.2, 0.25) is 5.91 Å². The fraction of sp³-hybridized carbons (Fsp3) is 0.111. The van der Waals surface area contributed by atoms with Crippen LogP contribution in [0.15, 0.2) is 52.8 Å². The van der Waals surface area contributed by atoms with Crippen LogP contribution in [0.25, 0.3) is 0 Å². The lowest BCUT2D eigenvalue weighted by molar-refractivity contribution is -0.115. The largest absolute Gasteiger partial charge is 0.326 e. The second-order valence-electron chi connectivity index (χ2n) is 5.51. The Kier molecular flexibility index (Phi) is 6.81. The quantitative estimate of drug-likeness (QED) is 0.679. The van der Waals surface area contributed by atoms with E-state index in [1.54, 1.807) is 17.0 Å². The molecule has 0 aliphatic rings. The summed E-state index contributed by atoms with van der Waals surface area (Å²) in [5, 5.41) is 4.41. The van der Waals surface area contributed by atoms with Crippen LogP contribution < -0.4 is 10.1 Å². The molecule has 3 aromatic rings. The molecule has 0 atom stereocenters. The molecule has 1 amide bonds. The van der Waals surface area contributed by atoms with Crippen LogP contribution in [0, 0.1) is 17.5 Å². The first-order valence-corrected chi connectivity index (χ1v) is 8.49. The summed E-state index contributed by atoms with van der Waals surface area (Å²) in [6.07, 6.45) is 0.0752. The standard InChI is InChI=1S/C18H14F3N3OS.ClH/c1-24-14(9-17(25)22-13-5-2-11(19)3-6-13)10-26-18(24)23-16-7-4-12(20)8-15(16)21;/h2-8,10H,9H2,1H3,(H,22,25);1H. The number of carbonyl (C=O) groups is 1. The van der Waals surface area contributed by atoms with E-state index in [2.05, 4.69) is 10.3 Å². The molecule has 0 saturated carbocycles. The zero-order valence-corrected chi connectivity index (χ0v) is 15.7. The van der Waals surface area contributed by atoms with E-state index in [-0.39, 0.29) is 36.2 Å². The van der Waals surface area contributed by atoms with Crippen molar-refractivity contribution < 1.29 is 18.0 Å². The van der Waals surface area contributed by atoms with Gasteiger partial charge in [-0.1, -0.05) is 0 Å². The number of halogens is 4. The van der Waals surface area contributed by atoms with Crippen molar-refractivity contribution in [2.45, 2.75) is 6.42 Å². The number of amides is 1. The molecular weight excluding hydrogens is 399 g/mol.